The van der Waals surface area contributed by atoms with Crippen molar-refractivity contribution in [1.29, 1.82) is 0 Å². The molecular weight excluding hydrogens is 414 g/mol. The molecule has 0 aliphatic rings. The molecule has 0 aliphatic heterocycles. The van der Waals surface area contributed by atoms with E-state index in [1.165, 1.54) is 4.90 Å². The topological polar surface area (TPSA) is 87.7 Å². The van der Waals surface area contributed by atoms with Crippen molar-refractivity contribution in [2.24, 2.45) is 0 Å². The lowest BCUT2D eigenvalue weighted by Crippen LogP contribution is -2.54. The molecule has 7 nitrogen and oxygen atoms in total. The average Bonchev–Trinajstić information content (AvgIpc) is 2.57. The Morgan fingerprint density at radius 1 is 1.10 bits per heavy atom. The summed E-state index contributed by atoms with van der Waals surface area (Å²) in [6.07, 6.45) is -0.712. The SMILES string of the molecule is Cc1ccc(C(C(=O)NC(C)(C)C)N(C)C(=O)C(CS)NC(=O)OC(C)(C)C)c(C)c1. The molecule has 0 spiro atoms. The van der Waals surface area contributed by atoms with E-state index in [1.807, 2.05) is 52.8 Å². The fraction of sp³-hybridized carbons (Fsp3) is 0.609. The fourth-order valence-corrected chi connectivity index (χ4v) is 3.35. The van der Waals surface area contributed by atoms with Crippen molar-refractivity contribution in [2.45, 2.75) is 78.6 Å². The molecule has 0 fully saturated rings. The summed E-state index contributed by atoms with van der Waals surface area (Å²) in [6, 6.07) is 3.93. The first-order valence-electron chi connectivity index (χ1n) is 10.3. The quantitative estimate of drug-likeness (QED) is 0.577. The number of carbonyl (C=O) groups excluding carboxylic acids is 3. The van der Waals surface area contributed by atoms with Gasteiger partial charge in [-0.2, -0.15) is 12.6 Å². The van der Waals surface area contributed by atoms with Crippen LogP contribution in [0.4, 0.5) is 4.79 Å². The van der Waals surface area contributed by atoms with Crippen LogP contribution in [0, 0.1) is 13.8 Å². The second-order valence-corrected chi connectivity index (χ2v) is 10.2. The summed E-state index contributed by atoms with van der Waals surface area (Å²) in [5.74, 6) is -0.677. The maximum Gasteiger partial charge on any atom is 0.408 e. The number of nitrogens with one attached hydrogen (secondary N) is 2. The molecule has 0 bridgehead atoms. The van der Waals surface area contributed by atoms with Crippen LogP contribution >= 0.6 is 12.6 Å². The minimum atomic E-state index is -0.945. The van der Waals surface area contributed by atoms with E-state index in [-0.39, 0.29) is 11.7 Å². The van der Waals surface area contributed by atoms with Crippen molar-refractivity contribution >= 4 is 30.5 Å². The van der Waals surface area contributed by atoms with E-state index in [1.54, 1.807) is 27.8 Å². The van der Waals surface area contributed by atoms with Crippen LogP contribution in [0.15, 0.2) is 18.2 Å². The summed E-state index contributed by atoms with van der Waals surface area (Å²) < 4.78 is 5.26. The Kier molecular flexibility index (Phi) is 8.99. The zero-order chi connectivity index (χ0) is 24.1. The normalized spacial score (nSPS) is 13.7. The molecule has 2 N–H and O–H groups in total. The van der Waals surface area contributed by atoms with Crippen molar-refractivity contribution in [3.63, 3.8) is 0 Å². The van der Waals surface area contributed by atoms with Crippen LogP contribution in [0.2, 0.25) is 0 Å². The number of hydrogen-bond acceptors (Lipinski definition) is 5. The number of amides is 3. The van der Waals surface area contributed by atoms with Gasteiger partial charge in [-0.05, 0) is 66.5 Å². The van der Waals surface area contributed by atoms with Gasteiger partial charge in [0, 0.05) is 18.3 Å². The van der Waals surface area contributed by atoms with Crippen LogP contribution in [0.3, 0.4) is 0 Å². The highest BCUT2D eigenvalue weighted by Gasteiger charge is 2.35. The molecule has 8 heteroatoms. The molecule has 1 aromatic carbocycles. The van der Waals surface area contributed by atoms with Crippen molar-refractivity contribution < 1.29 is 19.1 Å². The van der Waals surface area contributed by atoms with Crippen LogP contribution in [0.25, 0.3) is 0 Å². The molecule has 3 amide bonds. The van der Waals surface area contributed by atoms with Gasteiger partial charge in [0.05, 0.1) is 0 Å². The van der Waals surface area contributed by atoms with Gasteiger partial charge in [0.15, 0.2) is 0 Å². The lowest BCUT2D eigenvalue weighted by Gasteiger charge is -2.34. The third kappa shape index (κ3) is 8.44. The Balaban J connectivity index is 3.25. The number of benzene rings is 1. The van der Waals surface area contributed by atoms with Crippen LogP contribution in [-0.4, -0.2) is 52.8 Å². The number of ether oxygens (including phenoxy) is 1. The van der Waals surface area contributed by atoms with Crippen molar-refractivity contribution in [3.05, 3.63) is 34.9 Å². The first-order valence-corrected chi connectivity index (χ1v) is 10.9. The lowest BCUT2D eigenvalue weighted by molar-refractivity contribution is -0.141. The van der Waals surface area contributed by atoms with Crippen LogP contribution < -0.4 is 10.6 Å². The second kappa shape index (κ2) is 10.4. The smallest absolute Gasteiger partial charge is 0.408 e. The molecule has 0 aromatic heterocycles. The summed E-state index contributed by atoms with van der Waals surface area (Å²) >= 11 is 4.23. The largest absolute Gasteiger partial charge is 0.444 e. The maximum absolute atomic E-state index is 13.3. The summed E-state index contributed by atoms with van der Waals surface area (Å²) in [5.41, 5.74) is 1.50. The number of alkyl carbamates (subject to hydrolysis) is 1. The van der Waals surface area contributed by atoms with E-state index < -0.39 is 35.2 Å². The number of aryl methyl sites for hydroxylation is 2. The highest BCUT2D eigenvalue weighted by atomic mass is 32.1. The highest BCUT2D eigenvalue weighted by molar-refractivity contribution is 7.80. The van der Waals surface area contributed by atoms with Gasteiger partial charge in [-0.1, -0.05) is 23.8 Å². The van der Waals surface area contributed by atoms with Gasteiger partial charge in [-0.3, -0.25) is 9.59 Å². The molecule has 0 saturated heterocycles. The number of carbonyl (C=O) groups is 3. The Hall–Kier alpha value is -2.22. The van der Waals surface area contributed by atoms with E-state index >= 15 is 0 Å². The molecule has 0 heterocycles. The van der Waals surface area contributed by atoms with Crippen molar-refractivity contribution in [1.82, 2.24) is 15.5 Å². The first-order chi connectivity index (χ1) is 14.1. The minimum Gasteiger partial charge on any atom is -0.444 e. The molecule has 0 radical (unpaired) electrons. The summed E-state index contributed by atoms with van der Waals surface area (Å²) in [6.45, 7) is 14.7. The van der Waals surface area contributed by atoms with Gasteiger partial charge in [-0.15, -0.1) is 0 Å². The Morgan fingerprint density at radius 2 is 1.68 bits per heavy atom. The molecule has 2 atom stereocenters. The maximum atomic E-state index is 13.3. The average molecular weight is 452 g/mol. The molecule has 31 heavy (non-hydrogen) atoms. The summed E-state index contributed by atoms with van der Waals surface area (Å²) in [5, 5.41) is 5.52. The standard InChI is InChI=1S/C23H37N3O4S/c1-14-10-11-16(15(2)12-14)18(19(27)25-22(3,4)5)26(9)20(28)17(13-31)24-21(29)30-23(6,7)8/h10-12,17-18,31H,13H2,1-9H3,(H,24,29)(H,25,27). The zero-order valence-electron chi connectivity index (χ0n) is 20.1. The minimum absolute atomic E-state index is 0.0584. The summed E-state index contributed by atoms with van der Waals surface area (Å²) in [4.78, 5) is 40.0. The second-order valence-electron chi connectivity index (χ2n) is 9.83. The van der Waals surface area contributed by atoms with Gasteiger partial charge < -0.3 is 20.3 Å². The van der Waals surface area contributed by atoms with E-state index in [0.717, 1.165) is 16.7 Å². The molecular formula is C23H37N3O4S. The molecule has 0 aliphatic carbocycles. The van der Waals surface area contributed by atoms with Gasteiger partial charge in [-0.25, -0.2) is 4.79 Å². The Labute approximate surface area is 191 Å². The van der Waals surface area contributed by atoms with Crippen LogP contribution in [0.5, 0.6) is 0 Å². The molecule has 1 aromatic rings. The Bertz CT molecular complexity index is 812. The number of rotatable bonds is 6. The van der Waals surface area contributed by atoms with E-state index in [9.17, 15) is 14.4 Å². The number of hydrogen-bond donors (Lipinski definition) is 3. The van der Waals surface area contributed by atoms with Gasteiger partial charge >= 0.3 is 6.09 Å². The monoisotopic (exact) mass is 451 g/mol. The molecule has 1 rings (SSSR count). The van der Waals surface area contributed by atoms with Gasteiger partial charge in [0.25, 0.3) is 0 Å². The fourth-order valence-electron chi connectivity index (χ4n) is 3.10. The zero-order valence-corrected chi connectivity index (χ0v) is 21.0. The Morgan fingerprint density at radius 3 is 2.13 bits per heavy atom. The molecule has 174 valence electrons. The van der Waals surface area contributed by atoms with Crippen LogP contribution in [0.1, 0.15) is 64.3 Å². The van der Waals surface area contributed by atoms with Gasteiger partial charge in [0.2, 0.25) is 11.8 Å². The van der Waals surface area contributed by atoms with Crippen LogP contribution in [-0.2, 0) is 14.3 Å². The van der Waals surface area contributed by atoms with E-state index in [2.05, 4.69) is 23.3 Å². The van der Waals surface area contributed by atoms with E-state index in [4.69, 9.17) is 4.74 Å². The lowest BCUT2D eigenvalue weighted by atomic mass is 9.96. The summed E-state index contributed by atoms with van der Waals surface area (Å²) in [7, 11) is 1.56. The number of likely N-dealkylation sites (N-methyl/N-ethyl adjacent to an activating group) is 1. The third-order valence-corrected chi connectivity index (χ3v) is 4.74. The van der Waals surface area contributed by atoms with Crippen molar-refractivity contribution in [3.8, 4) is 0 Å². The van der Waals surface area contributed by atoms with Crippen molar-refractivity contribution in [2.75, 3.05) is 12.8 Å². The first kappa shape index (κ1) is 26.8. The molecule has 0 saturated carbocycles. The third-order valence-electron chi connectivity index (χ3n) is 4.37. The predicted molar refractivity (Wildman–Crippen MR) is 126 cm³/mol. The van der Waals surface area contributed by atoms with Gasteiger partial charge in [0.1, 0.15) is 17.7 Å². The number of nitrogens with zero attached hydrogens (tertiary/aromatic N) is 1. The highest BCUT2D eigenvalue weighted by Crippen LogP contribution is 2.26. The molecule has 2 unspecified atom stereocenters. The number of thiol groups is 1. The predicted octanol–water partition coefficient (Wildman–Crippen LogP) is 3.54. The van der Waals surface area contributed by atoms with E-state index in [0.29, 0.717) is 0 Å².